The van der Waals surface area contributed by atoms with Crippen LogP contribution in [0.1, 0.15) is 26.2 Å². The number of rotatable bonds is 6. The van der Waals surface area contributed by atoms with Crippen molar-refractivity contribution in [3.8, 4) is 0 Å². The molecule has 0 aliphatic heterocycles. The van der Waals surface area contributed by atoms with Gasteiger partial charge in [0.2, 0.25) is 5.91 Å². The Labute approximate surface area is 90.8 Å². The van der Waals surface area contributed by atoms with Crippen LogP contribution in [0.2, 0.25) is 0 Å². The highest BCUT2D eigenvalue weighted by molar-refractivity contribution is 5.76. The van der Waals surface area contributed by atoms with Crippen molar-refractivity contribution in [1.82, 2.24) is 5.32 Å². The Morgan fingerprint density at radius 3 is 2.38 bits per heavy atom. The third kappa shape index (κ3) is 9.29. The van der Waals surface area contributed by atoms with Gasteiger partial charge in [0.25, 0.3) is 0 Å². The van der Waals surface area contributed by atoms with Gasteiger partial charge in [0, 0.05) is 19.4 Å². The number of hydrogen-bond donors (Lipinski definition) is 2. The molecule has 1 amide bonds. The molecular formula is C9H14F3NO3. The van der Waals surface area contributed by atoms with Gasteiger partial charge in [0.05, 0.1) is 6.42 Å². The number of carbonyl (C=O) groups excluding carboxylic acids is 1. The average Bonchev–Trinajstić information content (AvgIpc) is 2.09. The standard InChI is InChI=1S/C9H14F3NO3/c1-6(4-8(15)16)5-13-7(14)2-3-9(10,11)12/h6H,2-5H2,1H3,(H,13,14)(H,15,16). The maximum Gasteiger partial charge on any atom is 0.389 e. The van der Waals surface area contributed by atoms with Gasteiger partial charge in [-0.05, 0) is 5.92 Å². The zero-order valence-electron chi connectivity index (χ0n) is 8.80. The van der Waals surface area contributed by atoms with E-state index in [0.29, 0.717) is 0 Å². The van der Waals surface area contributed by atoms with Gasteiger partial charge in [-0.1, -0.05) is 6.92 Å². The van der Waals surface area contributed by atoms with E-state index in [1.165, 1.54) is 0 Å². The van der Waals surface area contributed by atoms with Crippen molar-refractivity contribution >= 4 is 11.9 Å². The number of carboxylic acids is 1. The van der Waals surface area contributed by atoms with Gasteiger partial charge in [0.15, 0.2) is 0 Å². The molecule has 94 valence electrons. The van der Waals surface area contributed by atoms with Crippen LogP contribution in [0.3, 0.4) is 0 Å². The molecule has 0 aliphatic rings. The van der Waals surface area contributed by atoms with Crippen LogP contribution < -0.4 is 5.32 Å². The minimum Gasteiger partial charge on any atom is -0.481 e. The highest BCUT2D eigenvalue weighted by atomic mass is 19.4. The molecule has 2 N–H and O–H groups in total. The van der Waals surface area contributed by atoms with Gasteiger partial charge in [-0.15, -0.1) is 0 Å². The fourth-order valence-corrected chi connectivity index (χ4v) is 1.00. The molecule has 0 rings (SSSR count). The number of hydrogen-bond acceptors (Lipinski definition) is 2. The molecule has 0 heterocycles. The summed E-state index contributed by atoms with van der Waals surface area (Å²) in [5.74, 6) is -2.01. The van der Waals surface area contributed by atoms with Crippen molar-refractivity contribution < 1.29 is 27.9 Å². The molecule has 0 aromatic carbocycles. The second kappa shape index (κ2) is 6.34. The zero-order valence-corrected chi connectivity index (χ0v) is 8.80. The van der Waals surface area contributed by atoms with Crippen LogP contribution in [0, 0.1) is 5.92 Å². The number of carboxylic acid groups (broad SMARTS) is 1. The number of nitrogens with one attached hydrogen (secondary N) is 1. The van der Waals surface area contributed by atoms with E-state index in [4.69, 9.17) is 5.11 Å². The fraction of sp³-hybridized carbons (Fsp3) is 0.778. The smallest absolute Gasteiger partial charge is 0.389 e. The summed E-state index contributed by atoms with van der Waals surface area (Å²) in [6, 6.07) is 0. The van der Waals surface area contributed by atoms with Crippen molar-refractivity contribution in [3.05, 3.63) is 0 Å². The highest BCUT2D eigenvalue weighted by Crippen LogP contribution is 2.20. The summed E-state index contributed by atoms with van der Waals surface area (Å²) in [6.45, 7) is 1.67. The molecule has 0 aromatic heterocycles. The summed E-state index contributed by atoms with van der Waals surface area (Å²) < 4.78 is 35.2. The van der Waals surface area contributed by atoms with Gasteiger partial charge in [0.1, 0.15) is 0 Å². The largest absolute Gasteiger partial charge is 0.481 e. The van der Waals surface area contributed by atoms with Gasteiger partial charge < -0.3 is 10.4 Å². The molecule has 0 saturated carbocycles. The second-order valence-corrected chi connectivity index (χ2v) is 3.62. The topological polar surface area (TPSA) is 66.4 Å². The van der Waals surface area contributed by atoms with E-state index in [9.17, 15) is 22.8 Å². The first kappa shape index (κ1) is 14.7. The van der Waals surface area contributed by atoms with E-state index in [-0.39, 0.29) is 18.9 Å². The molecule has 7 heteroatoms. The molecule has 16 heavy (non-hydrogen) atoms. The van der Waals surface area contributed by atoms with Crippen LogP contribution in [0.25, 0.3) is 0 Å². The molecule has 1 atom stereocenters. The van der Waals surface area contributed by atoms with Gasteiger partial charge >= 0.3 is 12.1 Å². The molecule has 0 saturated heterocycles. The molecule has 1 unspecified atom stereocenters. The quantitative estimate of drug-likeness (QED) is 0.741. The van der Waals surface area contributed by atoms with Crippen molar-refractivity contribution in [2.75, 3.05) is 6.54 Å². The Balaban J connectivity index is 3.69. The lowest BCUT2D eigenvalue weighted by Crippen LogP contribution is -2.30. The minimum absolute atomic E-state index is 0.0724. The van der Waals surface area contributed by atoms with Crippen LogP contribution >= 0.6 is 0 Å². The number of aliphatic carboxylic acids is 1. The molecule has 0 fully saturated rings. The maximum atomic E-state index is 11.7. The van der Waals surface area contributed by atoms with E-state index in [2.05, 4.69) is 5.32 Å². The maximum absolute atomic E-state index is 11.7. The lowest BCUT2D eigenvalue weighted by Gasteiger charge is -2.11. The lowest BCUT2D eigenvalue weighted by atomic mass is 10.1. The van der Waals surface area contributed by atoms with Gasteiger partial charge in [-0.2, -0.15) is 13.2 Å². The molecule has 0 spiro atoms. The summed E-state index contributed by atoms with van der Waals surface area (Å²) in [5.41, 5.74) is 0. The summed E-state index contributed by atoms with van der Waals surface area (Å²) in [7, 11) is 0. The van der Waals surface area contributed by atoms with Crippen molar-refractivity contribution in [1.29, 1.82) is 0 Å². The molecular weight excluding hydrogens is 227 g/mol. The Hall–Kier alpha value is -1.27. The van der Waals surface area contributed by atoms with Crippen LogP contribution in [0.4, 0.5) is 13.2 Å². The third-order valence-electron chi connectivity index (χ3n) is 1.81. The van der Waals surface area contributed by atoms with Crippen molar-refractivity contribution in [3.63, 3.8) is 0 Å². The highest BCUT2D eigenvalue weighted by Gasteiger charge is 2.27. The number of amides is 1. The molecule has 0 aliphatic carbocycles. The van der Waals surface area contributed by atoms with E-state index >= 15 is 0 Å². The van der Waals surface area contributed by atoms with Gasteiger partial charge in [-0.25, -0.2) is 0 Å². The van der Waals surface area contributed by atoms with Crippen molar-refractivity contribution in [2.45, 2.75) is 32.4 Å². The second-order valence-electron chi connectivity index (χ2n) is 3.62. The summed E-state index contributed by atoms with van der Waals surface area (Å²) in [6.07, 6.45) is -6.25. The monoisotopic (exact) mass is 241 g/mol. The third-order valence-corrected chi connectivity index (χ3v) is 1.81. The summed E-state index contributed by atoms with van der Waals surface area (Å²) in [4.78, 5) is 21.2. The molecule has 0 bridgehead atoms. The SMILES string of the molecule is CC(CNC(=O)CCC(F)(F)F)CC(=O)O. The Morgan fingerprint density at radius 2 is 1.94 bits per heavy atom. The summed E-state index contributed by atoms with van der Waals surface area (Å²) in [5, 5.41) is 10.7. The minimum atomic E-state index is -4.34. The summed E-state index contributed by atoms with van der Waals surface area (Å²) >= 11 is 0. The normalized spacial score (nSPS) is 13.2. The first-order valence-corrected chi connectivity index (χ1v) is 4.76. The lowest BCUT2D eigenvalue weighted by molar-refractivity contribution is -0.144. The van der Waals surface area contributed by atoms with Gasteiger partial charge in [-0.3, -0.25) is 9.59 Å². The van der Waals surface area contributed by atoms with Crippen molar-refractivity contribution in [2.24, 2.45) is 5.92 Å². The number of halogens is 3. The van der Waals surface area contributed by atoms with Crippen LogP contribution in [0.5, 0.6) is 0 Å². The zero-order chi connectivity index (χ0) is 12.8. The Kier molecular flexibility index (Phi) is 5.84. The Morgan fingerprint density at radius 1 is 1.38 bits per heavy atom. The van der Waals surface area contributed by atoms with E-state index < -0.39 is 30.9 Å². The average molecular weight is 241 g/mol. The van der Waals surface area contributed by atoms with E-state index in [0.717, 1.165) is 0 Å². The molecule has 0 radical (unpaired) electrons. The van der Waals surface area contributed by atoms with E-state index in [1.807, 2.05) is 0 Å². The first-order valence-electron chi connectivity index (χ1n) is 4.76. The van der Waals surface area contributed by atoms with Crippen LogP contribution in [0.15, 0.2) is 0 Å². The predicted octanol–water partition coefficient (Wildman–Crippen LogP) is 1.56. The molecule has 4 nitrogen and oxygen atoms in total. The van der Waals surface area contributed by atoms with Crippen LogP contribution in [-0.2, 0) is 9.59 Å². The fourth-order valence-electron chi connectivity index (χ4n) is 1.00. The predicted molar refractivity (Wildman–Crippen MR) is 49.7 cm³/mol. The Bertz CT molecular complexity index is 253. The number of carbonyl (C=O) groups is 2. The molecule has 0 aromatic rings. The van der Waals surface area contributed by atoms with E-state index in [1.54, 1.807) is 6.92 Å². The first-order chi connectivity index (χ1) is 7.20. The van der Waals surface area contributed by atoms with Crippen LogP contribution in [-0.4, -0.2) is 29.7 Å². The number of alkyl halides is 3.